The van der Waals surface area contributed by atoms with Crippen molar-refractivity contribution in [2.24, 2.45) is 5.92 Å². The lowest BCUT2D eigenvalue weighted by Crippen LogP contribution is -2.55. The first-order valence-corrected chi connectivity index (χ1v) is 19.4. The molecule has 0 bridgehead atoms. The lowest BCUT2D eigenvalue weighted by atomic mass is 10.1. The first-order valence-electron chi connectivity index (χ1n) is 17.1. The molecule has 4 atom stereocenters. The number of carbonyl (C=O) groups is 3. The van der Waals surface area contributed by atoms with E-state index in [0.29, 0.717) is 48.5 Å². The molecule has 2 N–H and O–H groups in total. The van der Waals surface area contributed by atoms with Crippen molar-refractivity contribution in [3.8, 4) is 22.2 Å². The van der Waals surface area contributed by atoms with Crippen LogP contribution in [0, 0.1) is 5.92 Å². The van der Waals surface area contributed by atoms with Crippen molar-refractivity contribution in [3.63, 3.8) is 0 Å². The molecule has 1 saturated heterocycles. The van der Waals surface area contributed by atoms with E-state index >= 15 is 0 Å². The molecule has 2 aliphatic heterocycles. The van der Waals surface area contributed by atoms with Crippen LogP contribution in [0.1, 0.15) is 70.4 Å². The van der Waals surface area contributed by atoms with Crippen LogP contribution in [0.2, 0.25) is 0 Å². The summed E-state index contributed by atoms with van der Waals surface area (Å²) in [6.45, 7) is 4.70. The Bertz CT molecular complexity index is 1960. The summed E-state index contributed by atoms with van der Waals surface area (Å²) in [6, 6.07) is 5.92. The van der Waals surface area contributed by atoms with Crippen molar-refractivity contribution >= 4 is 50.3 Å². The number of nitrogens with zero attached hydrogens (tertiary/aromatic N) is 3. The quantitative estimate of drug-likeness (QED) is 0.246. The number of fused-ring (bicyclic) bond motifs is 3. The van der Waals surface area contributed by atoms with Gasteiger partial charge >= 0.3 is 22.1 Å². The second kappa shape index (κ2) is 13.5. The molecule has 2 aliphatic carbocycles. The van der Waals surface area contributed by atoms with Gasteiger partial charge in [0.2, 0.25) is 5.91 Å². The number of pyridine rings is 1. The molecule has 3 amide bonds. The van der Waals surface area contributed by atoms with Gasteiger partial charge in [0.1, 0.15) is 39.9 Å². The zero-order chi connectivity index (χ0) is 35.2. The molecule has 3 aromatic rings. The highest BCUT2D eigenvalue weighted by atomic mass is 32.2. The highest BCUT2D eigenvalue weighted by Gasteiger charge is 2.63. The van der Waals surface area contributed by atoms with E-state index in [0.717, 1.165) is 28.9 Å². The molecule has 7 rings (SSSR count). The average molecular weight is 724 g/mol. The standard InChI is InChI=1S/C35H41N5O8S2/c1-20(2)28-19-49-32(38-28)27-16-30(25-12-9-22(46-3)14-26(25)37-27)47-23-15-29-31(41)39-35(33(42)48-50(44,45)24-10-11-24)17-21(35)8-6-4-5-7-13-36-34(43)40(29)18-23/h6,8-9,12,14,16,19-21,23-24,29H,4-5,7,10-11,13,15,17-18H2,1-3H3,(H,36,43)(H,39,41)/b8-6-. The van der Waals surface area contributed by atoms with Crippen molar-refractivity contribution in [1.29, 1.82) is 0 Å². The highest BCUT2D eigenvalue weighted by Crippen LogP contribution is 2.47. The molecule has 3 fully saturated rings. The zero-order valence-corrected chi connectivity index (χ0v) is 29.8. The second-order valence-electron chi connectivity index (χ2n) is 13.8. The monoisotopic (exact) mass is 723 g/mol. The lowest BCUT2D eigenvalue weighted by molar-refractivity contribution is -0.141. The van der Waals surface area contributed by atoms with Crippen LogP contribution in [-0.2, 0) is 23.9 Å². The minimum absolute atomic E-state index is 0.102. The van der Waals surface area contributed by atoms with E-state index in [2.05, 4.69) is 24.5 Å². The predicted molar refractivity (Wildman–Crippen MR) is 186 cm³/mol. The van der Waals surface area contributed by atoms with E-state index in [1.165, 1.54) is 16.2 Å². The molecular weight excluding hydrogens is 683 g/mol. The Balaban J connectivity index is 1.18. The Morgan fingerprint density at radius 2 is 1.96 bits per heavy atom. The van der Waals surface area contributed by atoms with Crippen molar-refractivity contribution in [3.05, 3.63) is 47.5 Å². The molecule has 266 valence electrons. The molecule has 4 unspecified atom stereocenters. The van der Waals surface area contributed by atoms with E-state index in [-0.39, 0.29) is 25.3 Å². The molecule has 4 heterocycles. The number of rotatable bonds is 8. The van der Waals surface area contributed by atoms with Crippen LogP contribution in [0.4, 0.5) is 4.79 Å². The van der Waals surface area contributed by atoms with Crippen molar-refractivity contribution in [1.82, 2.24) is 25.5 Å². The van der Waals surface area contributed by atoms with Crippen molar-refractivity contribution in [2.75, 3.05) is 20.2 Å². The second-order valence-corrected chi connectivity index (χ2v) is 16.4. The average Bonchev–Trinajstić information content (AvgIpc) is 3.96. The van der Waals surface area contributed by atoms with Gasteiger partial charge in [0.25, 0.3) is 0 Å². The van der Waals surface area contributed by atoms with Crippen molar-refractivity contribution in [2.45, 2.75) is 87.6 Å². The molecule has 0 radical (unpaired) electrons. The number of thiazole rings is 1. The third-order valence-electron chi connectivity index (χ3n) is 9.72. The number of aromatic nitrogens is 2. The summed E-state index contributed by atoms with van der Waals surface area (Å²) in [7, 11) is -2.50. The number of hydrogen-bond donors (Lipinski definition) is 2. The third-order valence-corrected chi connectivity index (χ3v) is 12.3. The molecular formula is C35H41N5O8S2. The Hall–Kier alpha value is -4.24. The van der Waals surface area contributed by atoms with E-state index in [1.807, 2.05) is 41.8 Å². The fraction of sp³-hybridized carbons (Fsp3) is 0.514. The van der Waals surface area contributed by atoms with Crippen LogP contribution < -0.4 is 20.1 Å². The Morgan fingerprint density at radius 1 is 1.14 bits per heavy atom. The largest absolute Gasteiger partial charge is 0.497 e. The fourth-order valence-electron chi connectivity index (χ4n) is 6.52. The summed E-state index contributed by atoms with van der Waals surface area (Å²) in [4.78, 5) is 52.1. The van der Waals surface area contributed by atoms with Gasteiger partial charge in [-0.15, -0.1) is 11.3 Å². The van der Waals surface area contributed by atoms with Crippen LogP contribution in [-0.4, -0.2) is 84.3 Å². The summed E-state index contributed by atoms with van der Waals surface area (Å²) >= 11 is 1.49. The predicted octanol–water partition coefficient (Wildman–Crippen LogP) is 4.67. The first-order chi connectivity index (χ1) is 24.0. The molecule has 13 nitrogen and oxygen atoms in total. The van der Waals surface area contributed by atoms with Gasteiger partial charge < -0.3 is 29.2 Å². The number of carbonyl (C=O) groups excluding carboxylic acids is 3. The normalized spacial score (nSPS) is 26.3. The van der Waals surface area contributed by atoms with E-state index in [1.54, 1.807) is 7.11 Å². The summed E-state index contributed by atoms with van der Waals surface area (Å²) in [5.41, 5.74) is 0.694. The number of urea groups is 1. The fourth-order valence-corrected chi connectivity index (χ4v) is 8.67. The van der Waals surface area contributed by atoms with Crippen LogP contribution >= 0.6 is 11.3 Å². The van der Waals surface area contributed by atoms with Crippen molar-refractivity contribution < 1.29 is 36.5 Å². The van der Waals surface area contributed by atoms with E-state index < -0.39 is 56.9 Å². The SMILES string of the molecule is COc1ccc2c(OC3CC4C(=O)NC5(C(=O)OS(=O)(=O)C6CC6)CC5/C=C\CCCCNC(=O)N4C3)cc(-c3nc(C(C)C)cs3)nc2c1. The molecule has 4 aliphatic rings. The summed E-state index contributed by atoms with van der Waals surface area (Å²) in [6.07, 6.45) is 6.65. The first kappa shape index (κ1) is 34.2. The Kier molecular flexibility index (Phi) is 9.22. The Morgan fingerprint density at radius 3 is 2.70 bits per heavy atom. The maximum Gasteiger partial charge on any atom is 0.348 e. The number of nitrogens with one attached hydrogen (secondary N) is 2. The van der Waals surface area contributed by atoms with Crippen LogP contribution in [0.15, 0.2) is 41.8 Å². The number of amides is 3. The summed E-state index contributed by atoms with van der Waals surface area (Å²) in [5, 5.41) is 8.53. The number of methoxy groups -OCH3 is 1. The summed E-state index contributed by atoms with van der Waals surface area (Å²) in [5.74, 6) is -0.593. The maximum absolute atomic E-state index is 14.0. The molecule has 1 aromatic carbocycles. The van der Waals surface area contributed by atoms with Crippen LogP contribution in [0.25, 0.3) is 21.6 Å². The van der Waals surface area contributed by atoms with Gasteiger partial charge in [0, 0.05) is 41.8 Å². The topological polar surface area (TPSA) is 166 Å². The molecule has 2 aromatic heterocycles. The van der Waals surface area contributed by atoms with Gasteiger partial charge in [0.05, 0.1) is 30.1 Å². The number of allylic oxidation sites excluding steroid dienone is 1. The summed E-state index contributed by atoms with van der Waals surface area (Å²) < 4.78 is 42.3. The third kappa shape index (κ3) is 6.89. The Labute approximate surface area is 294 Å². The number of hydrogen-bond acceptors (Lipinski definition) is 11. The highest BCUT2D eigenvalue weighted by molar-refractivity contribution is 7.88. The van der Waals surface area contributed by atoms with Gasteiger partial charge in [-0.2, -0.15) is 8.42 Å². The van der Waals surface area contributed by atoms with Gasteiger partial charge in [-0.05, 0) is 56.6 Å². The van der Waals surface area contributed by atoms with Crippen LogP contribution in [0.3, 0.4) is 0 Å². The number of ether oxygens (including phenoxy) is 2. The lowest BCUT2D eigenvalue weighted by Gasteiger charge is -2.26. The molecule has 0 spiro atoms. The smallest absolute Gasteiger partial charge is 0.348 e. The molecule has 2 saturated carbocycles. The minimum atomic E-state index is -4.08. The van der Waals surface area contributed by atoms with Gasteiger partial charge in [-0.1, -0.05) is 26.0 Å². The van der Waals surface area contributed by atoms with E-state index in [9.17, 15) is 22.8 Å². The number of benzene rings is 1. The van der Waals surface area contributed by atoms with E-state index in [4.69, 9.17) is 23.6 Å². The maximum atomic E-state index is 14.0. The molecule has 15 heteroatoms. The minimum Gasteiger partial charge on any atom is -0.497 e. The van der Waals surface area contributed by atoms with Gasteiger partial charge in [-0.3, -0.25) is 4.79 Å². The van der Waals surface area contributed by atoms with Gasteiger partial charge in [0.15, 0.2) is 0 Å². The molecule has 50 heavy (non-hydrogen) atoms. The van der Waals surface area contributed by atoms with Gasteiger partial charge in [-0.25, -0.2) is 19.6 Å². The zero-order valence-electron chi connectivity index (χ0n) is 28.2. The van der Waals surface area contributed by atoms with Crippen LogP contribution in [0.5, 0.6) is 11.5 Å².